The molecule has 1 aliphatic carbocycles. The summed E-state index contributed by atoms with van der Waals surface area (Å²) in [6, 6.07) is 9.10. The van der Waals surface area contributed by atoms with E-state index in [1.54, 1.807) is 0 Å². The summed E-state index contributed by atoms with van der Waals surface area (Å²) in [5.41, 5.74) is 3.48. The lowest BCUT2D eigenvalue weighted by Crippen LogP contribution is -2.14. The standard InChI is InChI=1S/C17H23N3/c1-13-8-10-15(11-9-13)19-17-18-14(2)12-20(17)16-6-4-3-5-7-16/h8-12,16H,3-7H2,1-2H3,(H,18,19). The van der Waals surface area contributed by atoms with Gasteiger partial charge in [0.15, 0.2) is 0 Å². The third-order valence-electron chi connectivity index (χ3n) is 4.13. The maximum Gasteiger partial charge on any atom is 0.207 e. The van der Waals surface area contributed by atoms with Crippen LogP contribution in [0.4, 0.5) is 11.6 Å². The summed E-state index contributed by atoms with van der Waals surface area (Å²) in [7, 11) is 0. The second kappa shape index (κ2) is 5.70. The van der Waals surface area contributed by atoms with Gasteiger partial charge >= 0.3 is 0 Å². The van der Waals surface area contributed by atoms with Crippen LogP contribution in [-0.2, 0) is 0 Å². The molecule has 0 amide bonds. The van der Waals surface area contributed by atoms with Crippen molar-refractivity contribution in [2.45, 2.75) is 52.0 Å². The van der Waals surface area contributed by atoms with E-state index in [0.29, 0.717) is 6.04 Å². The Hall–Kier alpha value is -1.77. The highest BCUT2D eigenvalue weighted by Crippen LogP contribution is 2.31. The number of benzene rings is 1. The first kappa shape index (κ1) is 13.2. The molecule has 0 atom stereocenters. The highest BCUT2D eigenvalue weighted by molar-refractivity contribution is 5.54. The van der Waals surface area contributed by atoms with Crippen LogP contribution in [-0.4, -0.2) is 9.55 Å². The number of anilines is 2. The molecule has 3 rings (SSSR count). The molecular weight excluding hydrogens is 246 g/mol. The average molecular weight is 269 g/mol. The molecule has 1 saturated carbocycles. The van der Waals surface area contributed by atoms with Crippen molar-refractivity contribution < 1.29 is 0 Å². The molecule has 0 spiro atoms. The molecule has 3 heteroatoms. The van der Waals surface area contributed by atoms with Crippen molar-refractivity contribution in [1.29, 1.82) is 0 Å². The molecule has 3 nitrogen and oxygen atoms in total. The van der Waals surface area contributed by atoms with E-state index in [9.17, 15) is 0 Å². The van der Waals surface area contributed by atoms with Gasteiger partial charge < -0.3 is 9.88 Å². The quantitative estimate of drug-likeness (QED) is 0.871. The van der Waals surface area contributed by atoms with E-state index >= 15 is 0 Å². The minimum atomic E-state index is 0.609. The number of rotatable bonds is 3. The number of nitrogens with zero attached hydrogens (tertiary/aromatic N) is 2. The topological polar surface area (TPSA) is 29.9 Å². The molecule has 0 unspecified atom stereocenters. The van der Waals surface area contributed by atoms with Crippen molar-refractivity contribution in [3.63, 3.8) is 0 Å². The van der Waals surface area contributed by atoms with Gasteiger partial charge in [-0.15, -0.1) is 0 Å². The smallest absolute Gasteiger partial charge is 0.207 e. The Labute approximate surface area is 121 Å². The molecule has 1 aromatic carbocycles. The molecular formula is C17H23N3. The van der Waals surface area contributed by atoms with Gasteiger partial charge in [0.05, 0.1) is 5.69 Å². The molecule has 1 fully saturated rings. The second-order valence-electron chi connectivity index (χ2n) is 5.90. The van der Waals surface area contributed by atoms with Crippen LogP contribution < -0.4 is 5.32 Å². The van der Waals surface area contributed by atoms with Crippen molar-refractivity contribution in [3.8, 4) is 0 Å². The lowest BCUT2D eigenvalue weighted by atomic mass is 9.95. The van der Waals surface area contributed by atoms with E-state index in [-0.39, 0.29) is 0 Å². The fourth-order valence-corrected chi connectivity index (χ4v) is 3.01. The molecule has 0 aliphatic heterocycles. The van der Waals surface area contributed by atoms with Crippen LogP contribution in [0.25, 0.3) is 0 Å². The molecule has 0 radical (unpaired) electrons. The van der Waals surface area contributed by atoms with Gasteiger partial charge in [0.1, 0.15) is 0 Å². The molecule has 1 aliphatic rings. The van der Waals surface area contributed by atoms with Crippen LogP contribution in [0.2, 0.25) is 0 Å². The Balaban J connectivity index is 1.83. The maximum atomic E-state index is 4.66. The molecule has 20 heavy (non-hydrogen) atoms. The summed E-state index contributed by atoms with van der Waals surface area (Å²) in [5, 5.41) is 3.47. The zero-order valence-electron chi connectivity index (χ0n) is 12.4. The monoisotopic (exact) mass is 269 g/mol. The van der Waals surface area contributed by atoms with Crippen molar-refractivity contribution >= 4 is 11.6 Å². The van der Waals surface area contributed by atoms with Gasteiger partial charge in [-0.3, -0.25) is 0 Å². The first-order valence-corrected chi connectivity index (χ1v) is 7.61. The summed E-state index contributed by atoms with van der Waals surface area (Å²) < 4.78 is 2.34. The van der Waals surface area contributed by atoms with Crippen molar-refractivity contribution in [2.24, 2.45) is 0 Å². The fourth-order valence-electron chi connectivity index (χ4n) is 3.01. The van der Waals surface area contributed by atoms with Gasteiger partial charge in [-0.1, -0.05) is 37.0 Å². The highest BCUT2D eigenvalue weighted by Gasteiger charge is 2.18. The van der Waals surface area contributed by atoms with Crippen molar-refractivity contribution in [3.05, 3.63) is 41.7 Å². The fraction of sp³-hybridized carbons (Fsp3) is 0.471. The van der Waals surface area contributed by atoms with Gasteiger partial charge in [0.25, 0.3) is 0 Å². The molecule has 0 bridgehead atoms. The van der Waals surface area contributed by atoms with Crippen molar-refractivity contribution in [2.75, 3.05) is 5.32 Å². The minimum Gasteiger partial charge on any atom is -0.326 e. The summed E-state index contributed by atoms with van der Waals surface area (Å²) in [4.78, 5) is 4.66. The third kappa shape index (κ3) is 2.87. The Kier molecular flexibility index (Phi) is 3.77. The maximum absolute atomic E-state index is 4.66. The Morgan fingerprint density at radius 1 is 1.05 bits per heavy atom. The number of aryl methyl sites for hydroxylation is 2. The van der Waals surface area contributed by atoms with Crippen LogP contribution in [0, 0.1) is 13.8 Å². The van der Waals surface area contributed by atoms with Crippen molar-refractivity contribution in [1.82, 2.24) is 9.55 Å². The predicted octanol–water partition coefficient (Wildman–Crippen LogP) is 4.75. The molecule has 1 heterocycles. The summed E-state index contributed by atoms with van der Waals surface area (Å²) >= 11 is 0. The zero-order valence-corrected chi connectivity index (χ0v) is 12.4. The summed E-state index contributed by atoms with van der Waals surface area (Å²) in [6.45, 7) is 4.18. The Morgan fingerprint density at radius 3 is 2.45 bits per heavy atom. The minimum absolute atomic E-state index is 0.609. The van der Waals surface area contributed by atoms with E-state index in [1.807, 2.05) is 0 Å². The Morgan fingerprint density at radius 2 is 1.75 bits per heavy atom. The van der Waals surface area contributed by atoms with Crippen LogP contribution in [0.1, 0.15) is 49.4 Å². The number of hydrogen-bond donors (Lipinski definition) is 1. The lowest BCUT2D eigenvalue weighted by molar-refractivity contribution is 0.356. The van der Waals surface area contributed by atoms with E-state index in [4.69, 9.17) is 0 Å². The van der Waals surface area contributed by atoms with Gasteiger partial charge in [-0.25, -0.2) is 4.98 Å². The van der Waals surface area contributed by atoms with E-state index < -0.39 is 0 Å². The summed E-state index contributed by atoms with van der Waals surface area (Å²) in [6.07, 6.45) is 8.80. The van der Waals surface area contributed by atoms with E-state index in [0.717, 1.165) is 17.3 Å². The Bertz CT molecular complexity index is 562. The normalized spacial score (nSPS) is 16.3. The van der Waals surface area contributed by atoms with Crippen LogP contribution >= 0.6 is 0 Å². The molecule has 106 valence electrons. The van der Waals surface area contributed by atoms with Gasteiger partial charge in [0.2, 0.25) is 5.95 Å². The second-order valence-corrected chi connectivity index (χ2v) is 5.90. The predicted molar refractivity (Wildman–Crippen MR) is 83.5 cm³/mol. The average Bonchev–Trinajstić information content (AvgIpc) is 2.83. The van der Waals surface area contributed by atoms with Gasteiger partial charge in [-0.05, 0) is 38.8 Å². The van der Waals surface area contributed by atoms with E-state index in [1.165, 1.54) is 37.7 Å². The number of nitrogens with one attached hydrogen (secondary N) is 1. The SMILES string of the molecule is Cc1ccc(Nc2nc(C)cn2C2CCCCC2)cc1. The molecule has 1 N–H and O–H groups in total. The van der Waals surface area contributed by atoms with Crippen LogP contribution in [0.15, 0.2) is 30.5 Å². The van der Waals surface area contributed by atoms with Crippen LogP contribution in [0.5, 0.6) is 0 Å². The molecule has 0 saturated heterocycles. The molecule has 2 aromatic rings. The lowest BCUT2D eigenvalue weighted by Gasteiger charge is -2.24. The van der Waals surface area contributed by atoms with E-state index in [2.05, 4.69) is 59.2 Å². The first-order chi connectivity index (χ1) is 9.72. The number of aromatic nitrogens is 2. The van der Waals surface area contributed by atoms with Gasteiger partial charge in [0, 0.05) is 17.9 Å². The highest BCUT2D eigenvalue weighted by atomic mass is 15.2. The molecule has 1 aromatic heterocycles. The van der Waals surface area contributed by atoms with Crippen LogP contribution in [0.3, 0.4) is 0 Å². The number of imidazole rings is 1. The largest absolute Gasteiger partial charge is 0.326 e. The number of hydrogen-bond acceptors (Lipinski definition) is 2. The zero-order chi connectivity index (χ0) is 13.9. The first-order valence-electron chi connectivity index (χ1n) is 7.61. The van der Waals surface area contributed by atoms with Gasteiger partial charge in [-0.2, -0.15) is 0 Å². The third-order valence-corrected chi connectivity index (χ3v) is 4.13. The summed E-state index contributed by atoms with van der Waals surface area (Å²) in [5.74, 6) is 0.984.